The predicted molar refractivity (Wildman–Crippen MR) is 134 cm³/mol. The van der Waals surface area contributed by atoms with Gasteiger partial charge in [-0.1, -0.05) is 49.9 Å². The molecule has 1 atom stereocenters. The Morgan fingerprint density at radius 1 is 1.09 bits per heavy atom. The lowest BCUT2D eigenvalue weighted by Gasteiger charge is -2.22. The molecule has 0 bridgehead atoms. The quantitative estimate of drug-likeness (QED) is 0.438. The van der Waals surface area contributed by atoms with Gasteiger partial charge in [-0.2, -0.15) is 0 Å². The van der Waals surface area contributed by atoms with Gasteiger partial charge in [0.2, 0.25) is 5.95 Å². The fourth-order valence-corrected chi connectivity index (χ4v) is 4.90. The van der Waals surface area contributed by atoms with Gasteiger partial charge in [-0.15, -0.1) is 0 Å². The molecule has 3 aromatic heterocycles. The number of aryl methyl sites for hydroxylation is 1. The van der Waals surface area contributed by atoms with Crippen LogP contribution in [0.1, 0.15) is 55.8 Å². The maximum absolute atomic E-state index is 12.6. The van der Waals surface area contributed by atoms with Crippen LogP contribution in [-0.4, -0.2) is 30.2 Å². The second-order valence-electron chi connectivity index (χ2n) is 7.92. The van der Waals surface area contributed by atoms with E-state index in [1.807, 2.05) is 37.5 Å². The molecule has 3 heterocycles. The van der Waals surface area contributed by atoms with E-state index >= 15 is 0 Å². The predicted octanol–water partition coefficient (Wildman–Crippen LogP) is 5.53. The summed E-state index contributed by atoms with van der Waals surface area (Å²) >= 11 is 6.11. The molecule has 1 aliphatic rings. The standard InChI is InChI=1S/C24H27ClN6OS/c1-2-21-18(10-11-23(30-21)31-33(32)22-16-26-13-12-20(22)25)9-8-17-14-27-24(28-15-17)29-19-6-4-3-5-7-19/h8-16,19H,2-7H2,1H3,(H,30,31)(H,27,28,29)/b9-8+. The topological polar surface area (TPSA) is 92.7 Å². The summed E-state index contributed by atoms with van der Waals surface area (Å²) in [6.45, 7) is 2.03. The Bertz CT molecular complexity index is 1130. The maximum atomic E-state index is 12.6. The molecular formula is C24H27ClN6OS. The second kappa shape index (κ2) is 11.3. The van der Waals surface area contributed by atoms with Crippen LogP contribution < -0.4 is 10.0 Å². The molecule has 1 fully saturated rings. The van der Waals surface area contributed by atoms with E-state index in [-0.39, 0.29) is 0 Å². The number of hydrogen-bond acceptors (Lipinski definition) is 6. The summed E-state index contributed by atoms with van der Waals surface area (Å²) in [7, 11) is -1.55. The van der Waals surface area contributed by atoms with Crippen LogP contribution in [0.4, 0.5) is 11.8 Å². The van der Waals surface area contributed by atoms with Crippen molar-refractivity contribution in [3.63, 3.8) is 0 Å². The highest BCUT2D eigenvalue weighted by Gasteiger charge is 2.14. The number of hydrogen-bond donors (Lipinski definition) is 2. The molecular weight excluding hydrogens is 456 g/mol. The van der Waals surface area contributed by atoms with E-state index in [9.17, 15) is 4.21 Å². The highest BCUT2D eigenvalue weighted by atomic mass is 35.5. The lowest BCUT2D eigenvalue weighted by molar-refractivity contribution is 0.461. The first-order valence-electron chi connectivity index (χ1n) is 11.2. The number of pyridine rings is 2. The zero-order valence-electron chi connectivity index (χ0n) is 18.5. The monoisotopic (exact) mass is 482 g/mol. The Labute approximate surface area is 201 Å². The van der Waals surface area contributed by atoms with Crippen molar-refractivity contribution in [3.05, 3.63) is 64.8 Å². The molecule has 172 valence electrons. The van der Waals surface area contributed by atoms with Crippen molar-refractivity contribution in [2.45, 2.75) is 56.4 Å². The number of halogens is 1. The molecule has 0 saturated heterocycles. The second-order valence-corrected chi connectivity index (χ2v) is 9.50. The Hall–Kier alpha value is -2.84. The van der Waals surface area contributed by atoms with E-state index in [2.05, 4.69) is 30.0 Å². The van der Waals surface area contributed by atoms with E-state index in [1.54, 1.807) is 18.3 Å². The van der Waals surface area contributed by atoms with Crippen molar-refractivity contribution in [3.8, 4) is 0 Å². The lowest BCUT2D eigenvalue weighted by atomic mass is 9.96. The number of aromatic nitrogens is 4. The average Bonchev–Trinajstić information content (AvgIpc) is 2.85. The molecule has 0 radical (unpaired) electrons. The van der Waals surface area contributed by atoms with Gasteiger partial charge in [0, 0.05) is 42.1 Å². The summed E-state index contributed by atoms with van der Waals surface area (Å²) in [4.78, 5) is 17.9. The Morgan fingerprint density at radius 2 is 1.88 bits per heavy atom. The number of nitrogens with one attached hydrogen (secondary N) is 2. The Morgan fingerprint density at radius 3 is 2.61 bits per heavy atom. The minimum atomic E-state index is -1.55. The summed E-state index contributed by atoms with van der Waals surface area (Å²) in [5, 5.41) is 3.83. The molecule has 0 aromatic carbocycles. The molecule has 33 heavy (non-hydrogen) atoms. The number of rotatable bonds is 8. The first-order valence-corrected chi connectivity index (χ1v) is 12.7. The van der Waals surface area contributed by atoms with Crippen LogP contribution in [0.5, 0.6) is 0 Å². The zero-order chi connectivity index (χ0) is 23.0. The molecule has 7 nitrogen and oxygen atoms in total. The molecule has 0 amide bonds. The van der Waals surface area contributed by atoms with Crippen molar-refractivity contribution >= 4 is 46.5 Å². The third kappa shape index (κ3) is 6.36. The van der Waals surface area contributed by atoms with Gasteiger partial charge in [-0.25, -0.2) is 19.2 Å². The summed E-state index contributed by atoms with van der Waals surface area (Å²) in [5.74, 6) is 1.20. The first kappa shape index (κ1) is 23.3. The van der Waals surface area contributed by atoms with Crippen LogP contribution in [0.15, 0.2) is 47.9 Å². The molecule has 9 heteroatoms. The Balaban J connectivity index is 1.41. The van der Waals surface area contributed by atoms with E-state index in [0.29, 0.717) is 27.7 Å². The smallest absolute Gasteiger partial charge is 0.222 e. The van der Waals surface area contributed by atoms with Gasteiger partial charge in [0.05, 0.1) is 9.92 Å². The molecule has 2 N–H and O–H groups in total. The van der Waals surface area contributed by atoms with Crippen LogP contribution in [0.3, 0.4) is 0 Å². The van der Waals surface area contributed by atoms with Gasteiger partial charge in [0.15, 0.2) is 11.0 Å². The van der Waals surface area contributed by atoms with Crippen LogP contribution in [0.25, 0.3) is 12.2 Å². The minimum Gasteiger partial charge on any atom is -0.351 e. The van der Waals surface area contributed by atoms with E-state index in [0.717, 1.165) is 23.2 Å². The van der Waals surface area contributed by atoms with Crippen LogP contribution in [0.2, 0.25) is 5.02 Å². The third-order valence-corrected chi connectivity index (χ3v) is 7.10. The summed E-state index contributed by atoms with van der Waals surface area (Å²) < 4.78 is 15.5. The molecule has 3 aromatic rings. The minimum absolute atomic E-state index is 0.397. The zero-order valence-corrected chi connectivity index (χ0v) is 20.1. The van der Waals surface area contributed by atoms with Crippen molar-refractivity contribution < 1.29 is 4.21 Å². The lowest BCUT2D eigenvalue weighted by Crippen LogP contribution is -2.23. The molecule has 0 aliphatic heterocycles. The molecule has 1 saturated carbocycles. The van der Waals surface area contributed by atoms with Gasteiger partial charge in [-0.05, 0) is 43.0 Å². The van der Waals surface area contributed by atoms with Crippen molar-refractivity contribution in [1.29, 1.82) is 0 Å². The third-order valence-electron chi connectivity index (χ3n) is 5.54. The summed E-state index contributed by atoms with van der Waals surface area (Å²) in [6, 6.07) is 5.84. The first-order chi connectivity index (χ1) is 16.1. The summed E-state index contributed by atoms with van der Waals surface area (Å²) in [6.07, 6.45) is 17.6. The number of anilines is 2. The summed E-state index contributed by atoms with van der Waals surface area (Å²) in [5.41, 5.74) is 2.79. The van der Waals surface area contributed by atoms with Crippen LogP contribution >= 0.6 is 11.6 Å². The molecule has 4 rings (SSSR count). The highest BCUT2D eigenvalue weighted by Crippen LogP contribution is 2.22. The van der Waals surface area contributed by atoms with E-state index in [1.165, 1.54) is 38.3 Å². The maximum Gasteiger partial charge on any atom is 0.222 e. The van der Waals surface area contributed by atoms with Crippen LogP contribution in [-0.2, 0) is 17.4 Å². The van der Waals surface area contributed by atoms with Gasteiger partial charge in [0.25, 0.3) is 0 Å². The largest absolute Gasteiger partial charge is 0.351 e. The van der Waals surface area contributed by atoms with Crippen molar-refractivity contribution in [2.24, 2.45) is 0 Å². The van der Waals surface area contributed by atoms with E-state index < -0.39 is 11.0 Å². The fraction of sp³-hybridized carbons (Fsp3) is 0.333. The fourth-order valence-electron chi connectivity index (χ4n) is 3.77. The molecule has 0 spiro atoms. The van der Waals surface area contributed by atoms with E-state index in [4.69, 9.17) is 11.6 Å². The van der Waals surface area contributed by atoms with Crippen molar-refractivity contribution in [1.82, 2.24) is 19.9 Å². The molecule has 1 unspecified atom stereocenters. The van der Waals surface area contributed by atoms with Crippen LogP contribution in [0, 0.1) is 0 Å². The average molecular weight is 483 g/mol. The Kier molecular flexibility index (Phi) is 8.01. The highest BCUT2D eigenvalue weighted by molar-refractivity contribution is 7.86. The van der Waals surface area contributed by atoms with Gasteiger partial charge in [0.1, 0.15) is 5.82 Å². The SMILES string of the molecule is CCc1nc(NS(=O)c2cnccc2Cl)ccc1/C=C/c1cnc(NC2CCCCC2)nc1. The van der Waals surface area contributed by atoms with Gasteiger partial charge in [-0.3, -0.25) is 9.71 Å². The van der Waals surface area contributed by atoms with Gasteiger partial charge < -0.3 is 5.32 Å². The number of nitrogens with zero attached hydrogens (tertiary/aromatic N) is 4. The normalized spacial score (nSPS) is 15.5. The van der Waals surface area contributed by atoms with Gasteiger partial charge >= 0.3 is 0 Å². The molecule has 1 aliphatic carbocycles. The van der Waals surface area contributed by atoms with Crippen molar-refractivity contribution in [2.75, 3.05) is 10.0 Å².